The first kappa shape index (κ1) is 18.3. The van der Waals surface area contributed by atoms with E-state index in [2.05, 4.69) is 16.0 Å². The van der Waals surface area contributed by atoms with E-state index in [-0.39, 0.29) is 24.3 Å². The summed E-state index contributed by atoms with van der Waals surface area (Å²) in [5.41, 5.74) is 0.829. The minimum absolute atomic E-state index is 0.0491. The van der Waals surface area contributed by atoms with E-state index in [1.165, 1.54) is 6.92 Å². The number of ether oxygens (including phenoxy) is 1. The van der Waals surface area contributed by atoms with Gasteiger partial charge in [-0.15, -0.1) is 0 Å². The van der Waals surface area contributed by atoms with E-state index in [1.807, 2.05) is 31.2 Å². The Morgan fingerprint density at radius 3 is 2.67 bits per heavy atom. The predicted molar refractivity (Wildman–Crippen MR) is 92.8 cm³/mol. The van der Waals surface area contributed by atoms with Gasteiger partial charge in [0, 0.05) is 18.5 Å². The summed E-state index contributed by atoms with van der Waals surface area (Å²) in [4.78, 5) is 24.0. The number of para-hydroxylation sites is 1. The lowest BCUT2D eigenvalue weighted by Gasteiger charge is -2.25. The molecular formula is C18H27N3O3. The monoisotopic (exact) mass is 333 g/mol. The Morgan fingerprint density at radius 1 is 1.29 bits per heavy atom. The number of carbonyl (C=O) groups excluding carboxylic acids is 2. The molecule has 1 unspecified atom stereocenters. The smallest absolute Gasteiger partial charge is 0.222 e. The van der Waals surface area contributed by atoms with Gasteiger partial charge in [0.15, 0.2) is 0 Å². The predicted octanol–water partition coefficient (Wildman–Crippen LogP) is 1.52. The second-order valence-corrected chi connectivity index (χ2v) is 6.02. The van der Waals surface area contributed by atoms with Crippen molar-refractivity contribution in [3.05, 3.63) is 29.8 Å². The van der Waals surface area contributed by atoms with Gasteiger partial charge in [0.2, 0.25) is 11.8 Å². The second kappa shape index (κ2) is 9.27. The van der Waals surface area contributed by atoms with Gasteiger partial charge in [-0.2, -0.15) is 0 Å². The van der Waals surface area contributed by atoms with Crippen LogP contribution in [0.15, 0.2) is 24.3 Å². The highest BCUT2D eigenvalue weighted by Crippen LogP contribution is 2.27. The van der Waals surface area contributed by atoms with Crippen LogP contribution >= 0.6 is 0 Å². The van der Waals surface area contributed by atoms with Crippen molar-refractivity contribution < 1.29 is 14.3 Å². The second-order valence-electron chi connectivity index (χ2n) is 6.02. The van der Waals surface area contributed by atoms with Gasteiger partial charge in [0.1, 0.15) is 5.75 Å². The SMILES string of the molecule is CCOc1ccccc1C(CC(=O)NC1CCNCC1)NC(C)=O. The van der Waals surface area contributed by atoms with E-state index in [0.717, 1.165) is 31.5 Å². The molecule has 1 fully saturated rings. The largest absolute Gasteiger partial charge is 0.494 e. The summed E-state index contributed by atoms with van der Waals surface area (Å²) in [5, 5.41) is 9.22. The molecule has 0 aliphatic carbocycles. The molecule has 1 aliphatic heterocycles. The Bertz CT molecular complexity index is 556. The maximum absolute atomic E-state index is 12.4. The fourth-order valence-electron chi connectivity index (χ4n) is 2.98. The minimum atomic E-state index is -0.396. The number of benzene rings is 1. The molecule has 1 heterocycles. The van der Waals surface area contributed by atoms with Gasteiger partial charge in [0.25, 0.3) is 0 Å². The molecule has 0 aromatic heterocycles. The molecule has 24 heavy (non-hydrogen) atoms. The van der Waals surface area contributed by atoms with Crippen molar-refractivity contribution in [2.45, 2.75) is 45.2 Å². The van der Waals surface area contributed by atoms with E-state index in [0.29, 0.717) is 12.4 Å². The molecule has 1 aromatic carbocycles. The van der Waals surface area contributed by atoms with Crippen LogP contribution in [0.5, 0.6) is 5.75 Å². The molecule has 0 bridgehead atoms. The number of amides is 2. The number of rotatable bonds is 7. The number of piperidine rings is 1. The quantitative estimate of drug-likeness (QED) is 0.707. The van der Waals surface area contributed by atoms with Crippen LogP contribution in [0.4, 0.5) is 0 Å². The van der Waals surface area contributed by atoms with E-state index in [4.69, 9.17) is 4.74 Å². The molecule has 6 heteroatoms. The van der Waals surface area contributed by atoms with Crippen molar-refractivity contribution in [1.82, 2.24) is 16.0 Å². The molecule has 0 spiro atoms. The zero-order valence-electron chi connectivity index (χ0n) is 14.4. The molecule has 1 aromatic rings. The van der Waals surface area contributed by atoms with E-state index >= 15 is 0 Å². The average molecular weight is 333 g/mol. The highest BCUT2D eigenvalue weighted by Gasteiger charge is 2.22. The summed E-state index contributed by atoms with van der Waals surface area (Å²) >= 11 is 0. The van der Waals surface area contributed by atoms with Crippen LogP contribution in [0.3, 0.4) is 0 Å². The van der Waals surface area contributed by atoms with Crippen molar-refractivity contribution in [3.8, 4) is 5.75 Å². The lowest BCUT2D eigenvalue weighted by atomic mass is 10.0. The van der Waals surface area contributed by atoms with Gasteiger partial charge in [-0.25, -0.2) is 0 Å². The summed E-state index contributed by atoms with van der Waals surface area (Å²) < 4.78 is 5.64. The van der Waals surface area contributed by atoms with Gasteiger partial charge in [-0.05, 0) is 38.9 Å². The molecular weight excluding hydrogens is 306 g/mol. The Balaban J connectivity index is 2.07. The average Bonchev–Trinajstić information content (AvgIpc) is 2.55. The summed E-state index contributed by atoms with van der Waals surface area (Å²) in [6, 6.07) is 7.33. The third-order valence-corrected chi connectivity index (χ3v) is 4.07. The maximum Gasteiger partial charge on any atom is 0.222 e. The molecule has 1 aliphatic rings. The number of hydrogen-bond donors (Lipinski definition) is 3. The van der Waals surface area contributed by atoms with Gasteiger partial charge in [-0.3, -0.25) is 9.59 Å². The van der Waals surface area contributed by atoms with Crippen LogP contribution in [0.2, 0.25) is 0 Å². The van der Waals surface area contributed by atoms with Crippen molar-refractivity contribution in [1.29, 1.82) is 0 Å². The first-order valence-electron chi connectivity index (χ1n) is 8.59. The van der Waals surface area contributed by atoms with E-state index < -0.39 is 6.04 Å². The molecule has 1 atom stereocenters. The summed E-state index contributed by atoms with van der Waals surface area (Å²) in [6.45, 7) is 5.75. The lowest BCUT2D eigenvalue weighted by Crippen LogP contribution is -2.43. The maximum atomic E-state index is 12.4. The van der Waals surface area contributed by atoms with E-state index in [1.54, 1.807) is 0 Å². The minimum Gasteiger partial charge on any atom is -0.494 e. The van der Waals surface area contributed by atoms with Crippen LogP contribution < -0.4 is 20.7 Å². The van der Waals surface area contributed by atoms with Crippen LogP contribution in [0.25, 0.3) is 0 Å². The van der Waals surface area contributed by atoms with Crippen molar-refractivity contribution in [3.63, 3.8) is 0 Å². The molecule has 0 radical (unpaired) electrons. The van der Waals surface area contributed by atoms with Crippen LogP contribution in [0.1, 0.15) is 44.7 Å². The fraction of sp³-hybridized carbons (Fsp3) is 0.556. The molecule has 132 valence electrons. The number of nitrogens with one attached hydrogen (secondary N) is 3. The van der Waals surface area contributed by atoms with Crippen LogP contribution in [-0.2, 0) is 9.59 Å². The molecule has 2 rings (SSSR count). The first-order valence-corrected chi connectivity index (χ1v) is 8.59. The Labute approximate surface area is 143 Å². The highest BCUT2D eigenvalue weighted by molar-refractivity contribution is 5.79. The zero-order valence-corrected chi connectivity index (χ0v) is 14.4. The Hall–Kier alpha value is -2.08. The third kappa shape index (κ3) is 5.53. The standard InChI is InChI=1S/C18H27N3O3/c1-3-24-17-7-5-4-6-15(17)16(20-13(2)22)12-18(23)21-14-8-10-19-11-9-14/h4-7,14,16,19H,3,8-12H2,1-2H3,(H,20,22)(H,21,23). The van der Waals surface area contributed by atoms with Gasteiger partial charge >= 0.3 is 0 Å². The van der Waals surface area contributed by atoms with Crippen LogP contribution in [-0.4, -0.2) is 37.6 Å². The molecule has 1 saturated heterocycles. The zero-order chi connectivity index (χ0) is 17.4. The number of hydrogen-bond acceptors (Lipinski definition) is 4. The topological polar surface area (TPSA) is 79.5 Å². The van der Waals surface area contributed by atoms with Crippen molar-refractivity contribution in [2.24, 2.45) is 0 Å². The first-order chi connectivity index (χ1) is 11.6. The van der Waals surface area contributed by atoms with Gasteiger partial charge in [-0.1, -0.05) is 18.2 Å². The lowest BCUT2D eigenvalue weighted by molar-refractivity contribution is -0.123. The van der Waals surface area contributed by atoms with Crippen molar-refractivity contribution in [2.75, 3.05) is 19.7 Å². The molecule has 2 amide bonds. The van der Waals surface area contributed by atoms with Gasteiger partial charge in [0.05, 0.1) is 19.1 Å². The Kier molecular flexibility index (Phi) is 7.06. The fourth-order valence-corrected chi connectivity index (χ4v) is 2.98. The summed E-state index contributed by atoms with van der Waals surface area (Å²) in [6.07, 6.45) is 2.08. The van der Waals surface area contributed by atoms with E-state index in [9.17, 15) is 9.59 Å². The molecule has 6 nitrogen and oxygen atoms in total. The van der Waals surface area contributed by atoms with Gasteiger partial charge < -0.3 is 20.7 Å². The summed E-state index contributed by atoms with van der Waals surface area (Å²) in [7, 11) is 0. The molecule has 3 N–H and O–H groups in total. The Morgan fingerprint density at radius 2 is 2.00 bits per heavy atom. The highest BCUT2D eigenvalue weighted by atomic mass is 16.5. The van der Waals surface area contributed by atoms with Crippen molar-refractivity contribution >= 4 is 11.8 Å². The number of carbonyl (C=O) groups is 2. The normalized spacial score (nSPS) is 16.2. The molecule has 0 saturated carbocycles. The summed E-state index contributed by atoms with van der Waals surface area (Å²) in [5.74, 6) is 0.487. The third-order valence-electron chi connectivity index (χ3n) is 4.07. The van der Waals surface area contributed by atoms with Crippen LogP contribution in [0, 0.1) is 0 Å².